The molecule has 0 aliphatic rings. The summed E-state index contributed by atoms with van der Waals surface area (Å²) in [7, 11) is 0. The largest absolute Gasteiger partial charge is 0.222 e. The number of rotatable bonds is 2. The molecule has 0 aromatic carbocycles. The average molecular weight is 280 g/mol. The van der Waals surface area contributed by atoms with Crippen molar-refractivity contribution in [3.05, 3.63) is 39.8 Å². The Balaban J connectivity index is 2.56. The first-order valence-electron chi connectivity index (χ1n) is 5.31. The number of aromatic nitrogens is 3. The van der Waals surface area contributed by atoms with Crippen molar-refractivity contribution in [2.45, 2.75) is 27.2 Å². The second-order valence-electron chi connectivity index (χ2n) is 3.73. The van der Waals surface area contributed by atoms with Crippen molar-refractivity contribution >= 4 is 15.9 Å². The zero-order valence-corrected chi connectivity index (χ0v) is 11.2. The minimum atomic E-state index is 0.829. The van der Waals surface area contributed by atoms with Crippen LogP contribution in [-0.2, 0) is 6.42 Å². The standard InChI is InChI=1S/C12H14BrN3/c1-4-10-8(2)15-16(9(10)3)12-7-5-6-11(13)14-12/h5-7H,4H2,1-3H3. The molecule has 3 nitrogen and oxygen atoms in total. The normalized spacial score (nSPS) is 10.8. The van der Waals surface area contributed by atoms with Gasteiger partial charge in [-0.05, 0) is 53.9 Å². The lowest BCUT2D eigenvalue weighted by Gasteiger charge is -2.03. The molecule has 2 rings (SSSR count). The van der Waals surface area contributed by atoms with Crippen molar-refractivity contribution in [2.24, 2.45) is 0 Å². The van der Waals surface area contributed by atoms with Crippen LogP contribution < -0.4 is 0 Å². The third-order valence-corrected chi connectivity index (χ3v) is 3.15. The van der Waals surface area contributed by atoms with Crippen LogP contribution in [0.25, 0.3) is 5.82 Å². The fourth-order valence-corrected chi connectivity index (χ4v) is 2.26. The number of hydrogen-bond donors (Lipinski definition) is 0. The van der Waals surface area contributed by atoms with Crippen LogP contribution in [0.5, 0.6) is 0 Å². The van der Waals surface area contributed by atoms with Gasteiger partial charge in [0, 0.05) is 5.69 Å². The van der Waals surface area contributed by atoms with Crippen LogP contribution in [-0.4, -0.2) is 14.8 Å². The molecule has 0 N–H and O–H groups in total. The van der Waals surface area contributed by atoms with E-state index in [2.05, 4.69) is 39.9 Å². The molecule has 0 spiro atoms. The number of pyridine rings is 1. The summed E-state index contributed by atoms with van der Waals surface area (Å²) < 4.78 is 2.73. The molecule has 0 aliphatic heterocycles. The van der Waals surface area contributed by atoms with Crippen molar-refractivity contribution in [3.63, 3.8) is 0 Å². The Labute approximate surface area is 104 Å². The fourth-order valence-electron chi connectivity index (χ4n) is 1.93. The SMILES string of the molecule is CCc1c(C)nn(-c2cccc(Br)n2)c1C. The highest BCUT2D eigenvalue weighted by atomic mass is 79.9. The van der Waals surface area contributed by atoms with E-state index < -0.39 is 0 Å². The monoisotopic (exact) mass is 279 g/mol. The van der Waals surface area contributed by atoms with E-state index in [4.69, 9.17) is 0 Å². The first-order chi connectivity index (χ1) is 7.63. The molecule has 0 saturated carbocycles. The van der Waals surface area contributed by atoms with Crippen LogP contribution in [0, 0.1) is 13.8 Å². The molecule has 84 valence electrons. The van der Waals surface area contributed by atoms with E-state index in [-0.39, 0.29) is 0 Å². The molecular weight excluding hydrogens is 266 g/mol. The summed E-state index contributed by atoms with van der Waals surface area (Å²) in [6.07, 6.45) is 1.01. The summed E-state index contributed by atoms with van der Waals surface area (Å²) in [6.45, 7) is 6.28. The van der Waals surface area contributed by atoms with Gasteiger partial charge >= 0.3 is 0 Å². The minimum Gasteiger partial charge on any atom is -0.222 e. The molecule has 2 aromatic heterocycles. The zero-order chi connectivity index (χ0) is 11.7. The van der Waals surface area contributed by atoms with Crippen LogP contribution >= 0.6 is 15.9 Å². The van der Waals surface area contributed by atoms with Gasteiger partial charge in [0.25, 0.3) is 0 Å². The highest BCUT2D eigenvalue weighted by Gasteiger charge is 2.11. The van der Waals surface area contributed by atoms with Gasteiger partial charge in [0.2, 0.25) is 0 Å². The van der Waals surface area contributed by atoms with E-state index in [0.717, 1.165) is 22.5 Å². The van der Waals surface area contributed by atoms with E-state index in [9.17, 15) is 0 Å². The molecule has 2 aromatic rings. The van der Waals surface area contributed by atoms with Gasteiger partial charge in [0.05, 0.1) is 5.69 Å². The molecule has 0 bridgehead atoms. The van der Waals surface area contributed by atoms with E-state index in [1.54, 1.807) is 0 Å². The molecule has 2 heterocycles. The summed E-state index contributed by atoms with van der Waals surface area (Å²) in [5, 5.41) is 4.53. The topological polar surface area (TPSA) is 30.7 Å². The van der Waals surface area contributed by atoms with Gasteiger partial charge in [-0.15, -0.1) is 0 Å². The highest BCUT2D eigenvalue weighted by Crippen LogP contribution is 2.18. The zero-order valence-electron chi connectivity index (χ0n) is 9.66. The van der Waals surface area contributed by atoms with Gasteiger partial charge in [0.1, 0.15) is 4.60 Å². The summed E-state index contributed by atoms with van der Waals surface area (Å²) in [6, 6.07) is 5.84. The first kappa shape index (κ1) is 11.3. The second kappa shape index (κ2) is 4.37. The number of hydrogen-bond acceptors (Lipinski definition) is 2. The van der Waals surface area contributed by atoms with Crippen LogP contribution in [0.2, 0.25) is 0 Å². The Morgan fingerprint density at radius 1 is 1.31 bits per heavy atom. The Morgan fingerprint density at radius 3 is 2.62 bits per heavy atom. The van der Waals surface area contributed by atoms with Crippen molar-refractivity contribution in [1.82, 2.24) is 14.8 Å². The van der Waals surface area contributed by atoms with Gasteiger partial charge in [-0.2, -0.15) is 5.10 Å². The molecule has 4 heteroatoms. The summed E-state index contributed by atoms with van der Waals surface area (Å²) >= 11 is 3.37. The summed E-state index contributed by atoms with van der Waals surface area (Å²) in [5.74, 6) is 0.856. The Bertz CT molecular complexity index is 517. The number of nitrogens with zero attached hydrogens (tertiary/aromatic N) is 3. The van der Waals surface area contributed by atoms with E-state index in [1.807, 2.05) is 29.8 Å². The third-order valence-electron chi connectivity index (χ3n) is 2.71. The molecule has 0 fully saturated rings. The van der Waals surface area contributed by atoms with E-state index >= 15 is 0 Å². The maximum atomic E-state index is 4.53. The molecule has 0 aliphatic carbocycles. The van der Waals surface area contributed by atoms with Gasteiger partial charge in [-0.25, -0.2) is 9.67 Å². The van der Waals surface area contributed by atoms with E-state index in [0.29, 0.717) is 0 Å². The predicted molar refractivity (Wildman–Crippen MR) is 67.9 cm³/mol. The van der Waals surface area contributed by atoms with Gasteiger partial charge < -0.3 is 0 Å². The van der Waals surface area contributed by atoms with Crippen LogP contribution in [0.3, 0.4) is 0 Å². The molecule has 16 heavy (non-hydrogen) atoms. The maximum Gasteiger partial charge on any atom is 0.154 e. The highest BCUT2D eigenvalue weighted by molar-refractivity contribution is 9.10. The third kappa shape index (κ3) is 1.89. The Morgan fingerprint density at radius 2 is 2.06 bits per heavy atom. The molecule has 0 radical (unpaired) electrons. The van der Waals surface area contributed by atoms with Crippen molar-refractivity contribution in [2.75, 3.05) is 0 Å². The average Bonchev–Trinajstić information content (AvgIpc) is 2.54. The first-order valence-corrected chi connectivity index (χ1v) is 6.10. The molecule has 0 unspecified atom stereocenters. The van der Waals surface area contributed by atoms with Crippen LogP contribution in [0.1, 0.15) is 23.9 Å². The van der Waals surface area contributed by atoms with Crippen LogP contribution in [0.15, 0.2) is 22.8 Å². The summed E-state index contributed by atoms with van der Waals surface area (Å²) in [5.41, 5.74) is 3.56. The van der Waals surface area contributed by atoms with Gasteiger partial charge in [-0.1, -0.05) is 13.0 Å². The van der Waals surface area contributed by atoms with Crippen molar-refractivity contribution in [1.29, 1.82) is 0 Å². The quantitative estimate of drug-likeness (QED) is 0.791. The van der Waals surface area contributed by atoms with Gasteiger partial charge in [-0.3, -0.25) is 0 Å². The van der Waals surface area contributed by atoms with Gasteiger partial charge in [0.15, 0.2) is 5.82 Å². The number of halogens is 1. The lowest BCUT2D eigenvalue weighted by atomic mass is 10.1. The molecule has 0 atom stereocenters. The van der Waals surface area contributed by atoms with Crippen LogP contribution in [0.4, 0.5) is 0 Å². The molecular formula is C12H14BrN3. The lowest BCUT2D eigenvalue weighted by molar-refractivity contribution is 0.802. The Kier molecular flexibility index (Phi) is 3.10. The van der Waals surface area contributed by atoms with Crippen molar-refractivity contribution in [3.8, 4) is 5.82 Å². The second-order valence-corrected chi connectivity index (χ2v) is 4.55. The Hall–Kier alpha value is -1.16. The predicted octanol–water partition coefficient (Wildman–Crippen LogP) is 3.21. The van der Waals surface area contributed by atoms with Crippen molar-refractivity contribution < 1.29 is 0 Å². The smallest absolute Gasteiger partial charge is 0.154 e. The lowest BCUT2D eigenvalue weighted by Crippen LogP contribution is -2.02. The number of aryl methyl sites for hydroxylation is 1. The summed E-state index contributed by atoms with van der Waals surface area (Å²) in [4.78, 5) is 4.41. The van der Waals surface area contributed by atoms with E-state index in [1.165, 1.54) is 11.3 Å². The molecule has 0 amide bonds. The molecule has 0 saturated heterocycles. The fraction of sp³-hybridized carbons (Fsp3) is 0.333. The minimum absolute atomic E-state index is 0.829. The maximum absolute atomic E-state index is 4.53.